The highest BCUT2D eigenvalue weighted by Gasteiger charge is 2.34. The van der Waals surface area contributed by atoms with Gasteiger partial charge in [-0.05, 0) is 42.3 Å². The minimum atomic E-state index is -0.681. The number of azo groups is 1. The Balaban J connectivity index is 1.50. The van der Waals surface area contributed by atoms with Crippen molar-refractivity contribution in [3.63, 3.8) is 0 Å². The van der Waals surface area contributed by atoms with E-state index in [0.717, 1.165) is 16.8 Å². The summed E-state index contributed by atoms with van der Waals surface area (Å²) in [6.07, 6.45) is 0. The van der Waals surface area contributed by atoms with E-state index in [0.29, 0.717) is 11.4 Å². The molecule has 27 heavy (non-hydrogen) atoms. The van der Waals surface area contributed by atoms with Crippen molar-refractivity contribution in [1.82, 2.24) is 0 Å². The number of rotatable bonds is 4. The molecule has 5 nitrogen and oxygen atoms in total. The SMILES string of the molecule is CC1=NN(c2ccccc2)C(=O)[C@@H]1N=Nc1ccc(-c2ccccc2)cc1. The lowest BCUT2D eigenvalue weighted by atomic mass is 10.1. The molecule has 3 aromatic carbocycles. The third-order valence-corrected chi connectivity index (χ3v) is 4.36. The minimum Gasteiger partial charge on any atom is -0.269 e. The third-order valence-electron chi connectivity index (χ3n) is 4.36. The van der Waals surface area contributed by atoms with Gasteiger partial charge in [-0.15, -0.1) is 0 Å². The predicted molar refractivity (Wildman–Crippen MR) is 107 cm³/mol. The summed E-state index contributed by atoms with van der Waals surface area (Å²) in [5.41, 5.74) is 4.32. The Labute approximate surface area is 157 Å². The van der Waals surface area contributed by atoms with Crippen LogP contribution in [0, 0.1) is 0 Å². The Morgan fingerprint density at radius 2 is 1.41 bits per heavy atom. The largest absolute Gasteiger partial charge is 0.280 e. The molecule has 4 rings (SSSR count). The fourth-order valence-electron chi connectivity index (χ4n) is 2.92. The first-order valence-electron chi connectivity index (χ1n) is 8.73. The van der Waals surface area contributed by atoms with Crippen LogP contribution in [-0.2, 0) is 4.79 Å². The molecule has 1 heterocycles. The van der Waals surface area contributed by atoms with Crippen molar-refractivity contribution in [3.05, 3.63) is 84.9 Å². The van der Waals surface area contributed by atoms with Crippen molar-refractivity contribution < 1.29 is 4.79 Å². The molecule has 0 N–H and O–H groups in total. The van der Waals surface area contributed by atoms with Gasteiger partial charge in [0, 0.05) is 0 Å². The molecule has 0 radical (unpaired) electrons. The van der Waals surface area contributed by atoms with Crippen LogP contribution in [-0.4, -0.2) is 17.7 Å². The van der Waals surface area contributed by atoms with Gasteiger partial charge in [-0.25, -0.2) is 0 Å². The maximum Gasteiger partial charge on any atom is 0.280 e. The predicted octanol–water partition coefficient (Wildman–Crippen LogP) is 5.23. The molecule has 1 amide bonds. The van der Waals surface area contributed by atoms with Crippen LogP contribution >= 0.6 is 0 Å². The molecule has 0 bridgehead atoms. The van der Waals surface area contributed by atoms with Crippen LogP contribution < -0.4 is 5.01 Å². The molecule has 0 aliphatic carbocycles. The van der Waals surface area contributed by atoms with E-state index in [1.165, 1.54) is 5.01 Å². The van der Waals surface area contributed by atoms with E-state index in [4.69, 9.17) is 0 Å². The van der Waals surface area contributed by atoms with E-state index in [-0.39, 0.29) is 5.91 Å². The zero-order chi connectivity index (χ0) is 18.6. The fraction of sp³-hybridized carbons (Fsp3) is 0.0909. The number of hydrogen-bond donors (Lipinski definition) is 0. The second-order valence-electron chi connectivity index (χ2n) is 6.26. The van der Waals surface area contributed by atoms with Gasteiger partial charge in [-0.2, -0.15) is 20.3 Å². The van der Waals surface area contributed by atoms with Gasteiger partial charge in [0.2, 0.25) is 0 Å². The van der Waals surface area contributed by atoms with Crippen molar-refractivity contribution in [3.8, 4) is 11.1 Å². The summed E-state index contributed by atoms with van der Waals surface area (Å²) < 4.78 is 0. The molecule has 1 atom stereocenters. The zero-order valence-corrected chi connectivity index (χ0v) is 14.9. The monoisotopic (exact) mass is 354 g/mol. The Bertz CT molecular complexity index is 996. The van der Waals surface area contributed by atoms with Crippen LogP contribution in [0.4, 0.5) is 11.4 Å². The molecule has 0 aromatic heterocycles. The van der Waals surface area contributed by atoms with Crippen LogP contribution in [0.2, 0.25) is 0 Å². The highest BCUT2D eigenvalue weighted by Crippen LogP contribution is 2.25. The lowest BCUT2D eigenvalue weighted by Crippen LogP contribution is -2.29. The van der Waals surface area contributed by atoms with Gasteiger partial charge in [-0.1, -0.05) is 60.7 Å². The van der Waals surface area contributed by atoms with Gasteiger partial charge >= 0.3 is 0 Å². The van der Waals surface area contributed by atoms with Crippen LogP contribution in [0.3, 0.4) is 0 Å². The number of para-hydroxylation sites is 1. The molecule has 0 saturated heterocycles. The van der Waals surface area contributed by atoms with E-state index >= 15 is 0 Å². The molecular weight excluding hydrogens is 336 g/mol. The highest BCUT2D eigenvalue weighted by molar-refractivity contribution is 6.18. The minimum absolute atomic E-state index is 0.191. The first kappa shape index (κ1) is 16.8. The van der Waals surface area contributed by atoms with Crippen molar-refractivity contribution in [2.24, 2.45) is 15.3 Å². The molecule has 0 fully saturated rings. The van der Waals surface area contributed by atoms with E-state index in [2.05, 4.69) is 27.5 Å². The number of hydrazone groups is 1. The quantitative estimate of drug-likeness (QED) is 0.592. The summed E-state index contributed by atoms with van der Waals surface area (Å²) in [4.78, 5) is 12.6. The maximum absolute atomic E-state index is 12.6. The summed E-state index contributed by atoms with van der Waals surface area (Å²) >= 11 is 0. The Kier molecular flexibility index (Phi) is 4.58. The first-order valence-corrected chi connectivity index (χ1v) is 8.73. The maximum atomic E-state index is 12.6. The van der Waals surface area contributed by atoms with E-state index in [1.54, 1.807) is 6.92 Å². The topological polar surface area (TPSA) is 57.4 Å². The first-order chi connectivity index (χ1) is 13.2. The standard InChI is InChI=1S/C22H18N4O/c1-16-21(22(27)26(25-16)20-10-6-3-7-11-20)24-23-19-14-12-18(13-15-19)17-8-4-2-5-9-17/h2-15,21H,1H3/t21-/m1/s1. The zero-order valence-electron chi connectivity index (χ0n) is 14.9. The molecule has 5 heteroatoms. The molecule has 1 aliphatic heterocycles. The summed E-state index contributed by atoms with van der Waals surface area (Å²) in [6, 6.07) is 26.6. The Morgan fingerprint density at radius 1 is 0.815 bits per heavy atom. The summed E-state index contributed by atoms with van der Waals surface area (Å²) in [5.74, 6) is -0.191. The van der Waals surface area contributed by atoms with Crippen molar-refractivity contribution in [2.45, 2.75) is 13.0 Å². The highest BCUT2D eigenvalue weighted by atomic mass is 16.2. The molecule has 0 unspecified atom stereocenters. The fourth-order valence-corrected chi connectivity index (χ4v) is 2.92. The van der Waals surface area contributed by atoms with Crippen LogP contribution in [0.15, 0.2) is 100 Å². The number of amides is 1. The number of carbonyl (C=O) groups excluding carboxylic acids is 1. The van der Waals surface area contributed by atoms with Gasteiger partial charge in [0.15, 0.2) is 6.04 Å². The second kappa shape index (κ2) is 7.33. The van der Waals surface area contributed by atoms with E-state index < -0.39 is 6.04 Å². The summed E-state index contributed by atoms with van der Waals surface area (Å²) in [6.45, 7) is 1.79. The number of nitrogens with zero attached hydrogens (tertiary/aromatic N) is 4. The average Bonchev–Trinajstić information content (AvgIpc) is 3.02. The van der Waals surface area contributed by atoms with Gasteiger partial charge in [-0.3, -0.25) is 4.79 Å². The number of anilines is 1. The second-order valence-corrected chi connectivity index (χ2v) is 6.26. The van der Waals surface area contributed by atoms with Gasteiger partial charge in [0.05, 0.1) is 17.1 Å². The third kappa shape index (κ3) is 3.53. The van der Waals surface area contributed by atoms with E-state index in [9.17, 15) is 4.79 Å². The van der Waals surface area contributed by atoms with Crippen molar-refractivity contribution >= 4 is 23.0 Å². The smallest absolute Gasteiger partial charge is 0.269 e. The van der Waals surface area contributed by atoms with E-state index in [1.807, 2.05) is 72.8 Å². The number of hydrogen-bond acceptors (Lipinski definition) is 4. The summed E-state index contributed by atoms with van der Waals surface area (Å²) in [7, 11) is 0. The van der Waals surface area contributed by atoms with Crippen LogP contribution in [0.5, 0.6) is 0 Å². The number of carbonyl (C=O) groups is 1. The molecular formula is C22H18N4O. The molecule has 1 aliphatic rings. The molecule has 0 spiro atoms. The average molecular weight is 354 g/mol. The van der Waals surface area contributed by atoms with Gasteiger partial charge in [0.25, 0.3) is 5.91 Å². The Morgan fingerprint density at radius 3 is 2.07 bits per heavy atom. The van der Waals surface area contributed by atoms with Crippen LogP contribution in [0.25, 0.3) is 11.1 Å². The number of benzene rings is 3. The van der Waals surface area contributed by atoms with Gasteiger partial charge in [0.1, 0.15) is 0 Å². The molecule has 3 aromatic rings. The lowest BCUT2D eigenvalue weighted by molar-refractivity contribution is -0.117. The normalized spacial score (nSPS) is 16.8. The molecule has 132 valence electrons. The van der Waals surface area contributed by atoms with Crippen molar-refractivity contribution in [1.29, 1.82) is 0 Å². The summed E-state index contributed by atoms with van der Waals surface area (Å²) in [5, 5.41) is 14.2. The Hall–Kier alpha value is -3.60. The van der Waals surface area contributed by atoms with Crippen molar-refractivity contribution in [2.75, 3.05) is 5.01 Å². The van der Waals surface area contributed by atoms with Crippen LogP contribution in [0.1, 0.15) is 6.92 Å². The lowest BCUT2D eigenvalue weighted by Gasteiger charge is -2.11. The van der Waals surface area contributed by atoms with Gasteiger partial charge < -0.3 is 0 Å². The molecule has 0 saturated carbocycles.